The van der Waals surface area contributed by atoms with Gasteiger partial charge in [0, 0.05) is 22.7 Å². The van der Waals surface area contributed by atoms with Crippen molar-refractivity contribution in [3.05, 3.63) is 59.2 Å². The SMILES string of the molecule is O=C(NC1CCCCCC1)c1ccc2c(c1)C(=O)c1ccccc1-2. The molecule has 0 aliphatic heterocycles. The molecule has 0 saturated heterocycles. The molecule has 3 heteroatoms. The van der Waals surface area contributed by atoms with E-state index in [2.05, 4.69) is 5.32 Å². The van der Waals surface area contributed by atoms with E-state index < -0.39 is 0 Å². The van der Waals surface area contributed by atoms with Crippen LogP contribution in [-0.4, -0.2) is 17.7 Å². The van der Waals surface area contributed by atoms with Crippen LogP contribution in [0.5, 0.6) is 0 Å². The molecular formula is C21H21NO2. The van der Waals surface area contributed by atoms with Crippen LogP contribution in [-0.2, 0) is 0 Å². The van der Waals surface area contributed by atoms with E-state index in [1.807, 2.05) is 36.4 Å². The topological polar surface area (TPSA) is 46.2 Å². The summed E-state index contributed by atoms with van der Waals surface area (Å²) in [4.78, 5) is 25.1. The molecular weight excluding hydrogens is 298 g/mol. The van der Waals surface area contributed by atoms with Gasteiger partial charge in [-0.3, -0.25) is 9.59 Å². The molecule has 24 heavy (non-hydrogen) atoms. The van der Waals surface area contributed by atoms with Crippen molar-refractivity contribution in [1.29, 1.82) is 0 Å². The highest BCUT2D eigenvalue weighted by Crippen LogP contribution is 2.36. The number of carbonyl (C=O) groups is 2. The lowest BCUT2D eigenvalue weighted by Gasteiger charge is -2.16. The number of carbonyl (C=O) groups excluding carboxylic acids is 2. The van der Waals surface area contributed by atoms with Gasteiger partial charge in [-0.2, -0.15) is 0 Å². The highest BCUT2D eigenvalue weighted by Gasteiger charge is 2.27. The predicted octanol–water partition coefficient (Wildman–Crippen LogP) is 4.35. The van der Waals surface area contributed by atoms with Crippen LogP contribution in [0.15, 0.2) is 42.5 Å². The minimum atomic E-state index is -0.0616. The third kappa shape index (κ3) is 2.64. The van der Waals surface area contributed by atoms with E-state index in [4.69, 9.17) is 0 Å². The first-order chi connectivity index (χ1) is 11.7. The fraction of sp³-hybridized carbons (Fsp3) is 0.333. The molecule has 2 aliphatic carbocycles. The van der Waals surface area contributed by atoms with E-state index in [-0.39, 0.29) is 17.7 Å². The molecule has 0 radical (unpaired) electrons. The Bertz CT molecular complexity index is 801. The van der Waals surface area contributed by atoms with E-state index in [1.54, 1.807) is 6.07 Å². The molecule has 0 bridgehead atoms. The molecule has 1 amide bonds. The van der Waals surface area contributed by atoms with Crippen LogP contribution in [0, 0.1) is 0 Å². The normalized spacial score (nSPS) is 17.1. The molecule has 0 spiro atoms. The number of ketones is 1. The largest absolute Gasteiger partial charge is 0.349 e. The Morgan fingerprint density at radius 2 is 1.50 bits per heavy atom. The molecule has 1 N–H and O–H groups in total. The lowest BCUT2D eigenvalue weighted by Crippen LogP contribution is -2.34. The number of nitrogens with one attached hydrogen (secondary N) is 1. The molecule has 1 fully saturated rings. The Balaban J connectivity index is 1.58. The van der Waals surface area contributed by atoms with E-state index in [0.29, 0.717) is 11.1 Å². The summed E-state index contributed by atoms with van der Waals surface area (Å²) in [5.74, 6) is -0.0434. The number of amides is 1. The highest BCUT2D eigenvalue weighted by molar-refractivity contribution is 6.22. The lowest BCUT2D eigenvalue weighted by molar-refractivity contribution is 0.0933. The minimum absolute atomic E-state index is 0.0183. The fourth-order valence-corrected chi connectivity index (χ4v) is 3.86. The van der Waals surface area contributed by atoms with Crippen LogP contribution >= 0.6 is 0 Å². The molecule has 122 valence electrons. The zero-order valence-electron chi connectivity index (χ0n) is 13.7. The third-order valence-electron chi connectivity index (χ3n) is 5.18. The smallest absolute Gasteiger partial charge is 0.251 e. The lowest BCUT2D eigenvalue weighted by atomic mass is 10.0. The highest BCUT2D eigenvalue weighted by atomic mass is 16.1. The summed E-state index contributed by atoms with van der Waals surface area (Å²) in [5, 5.41) is 3.15. The van der Waals surface area contributed by atoms with Gasteiger partial charge in [0.15, 0.2) is 5.78 Å². The van der Waals surface area contributed by atoms with Gasteiger partial charge in [0.05, 0.1) is 0 Å². The summed E-state index contributed by atoms with van der Waals surface area (Å²) in [7, 11) is 0. The molecule has 0 heterocycles. The number of fused-ring (bicyclic) bond motifs is 3. The third-order valence-corrected chi connectivity index (χ3v) is 5.18. The van der Waals surface area contributed by atoms with Gasteiger partial charge in [0.2, 0.25) is 0 Å². The predicted molar refractivity (Wildman–Crippen MR) is 94.3 cm³/mol. The average molecular weight is 319 g/mol. The van der Waals surface area contributed by atoms with E-state index in [0.717, 1.165) is 29.5 Å². The van der Waals surface area contributed by atoms with Crippen molar-refractivity contribution in [2.75, 3.05) is 0 Å². The second-order valence-corrected chi connectivity index (χ2v) is 6.80. The maximum atomic E-state index is 12.6. The number of hydrogen-bond acceptors (Lipinski definition) is 2. The second-order valence-electron chi connectivity index (χ2n) is 6.80. The van der Waals surface area contributed by atoms with Crippen LogP contribution in [0.3, 0.4) is 0 Å². The van der Waals surface area contributed by atoms with Gasteiger partial charge in [-0.05, 0) is 36.1 Å². The van der Waals surface area contributed by atoms with Gasteiger partial charge in [-0.25, -0.2) is 0 Å². The number of rotatable bonds is 2. The van der Waals surface area contributed by atoms with Crippen molar-refractivity contribution in [1.82, 2.24) is 5.32 Å². The zero-order valence-corrected chi connectivity index (χ0v) is 13.7. The quantitative estimate of drug-likeness (QED) is 0.714. The molecule has 2 aromatic rings. The average Bonchev–Trinajstić information content (AvgIpc) is 2.77. The summed E-state index contributed by atoms with van der Waals surface area (Å²) in [5.41, 5.74) is 3.85. The molecule has 4 rings (SSSR count). The molecule has 2 aromatic carbocycles. The van der Waals surface area contributed by atoms with Gasteiger partial charge in [-0.15, -0.1) is 0 Å². The van der Waals surface area contributed by atoms with Crippen molar-refractivity contribution < 1.29 is 9.59 Å². The molecule has 1 saturated carbocycles. The molecule has 2 aliphatic rings. The Hall–Kier alpha value is -2.42. The van der Waals surface area contributed by atoms with Crippen molar-refractivity contribution in [3.63, 3.8) is 0 Å². The summed E-state index contributed by atoms with van der Waals surface area (Å²) < 4.78 is 0. The Labute approximate surface area is 142 Å². The van der Waals surface area contributed by atoms with Crippen LogP contribution in [0.1, 0.15) is 64.8 Å². The van der Waals surface area contributed by atoms with Gasteiger partial charge in [-0.1, -0.05) is 56.0 Å². The molecule has 0 aromatic heterocycles. The van der Waals surface area contributed by atoms with Crippen molar-refractivity contribution >= 4 is 11.7 Å². The van der Waals surface area contributed by atoms with Gasteiger partial charge < -0.3 is 5.32 Å². The van der Waals surface area contributed by atoms with Crippen molar-refractivity contribution in [3.8, 4) is 11.1 Å². The van der Waals surface area contributed by atoms with Crippen LogP contribution in [0.4, 0.5) is 0 Å². The first-order valence-electron chi connectivity index (χ1n) is 8.83. The number of hydrogen-bond donors (Lipinski definition) is 1. The summed E-state index contributed by atoms with van der Waals surface area (Å²) in [6.45, 7) is 0. The molecule has 0 atom stereocenters. The van der Waals surface area contributed by atoms with Crippen molar-refractivity contribution in [2.45, 2.75) is 44.6 Å². The first-order valence-corrected chi connectivity index (χ1v) is 8.83. The van der Waals surface area contributed by atoms with E-state index in [1.165, 1.54) is 25.7 Å². The monoisotopic (exact) mass is 319 g/mol. The zero-order chi connectivity index (χ0) is 16.5. The Morgan fingerprint density at radius 3 is 2.25 bits per heavy atom. The summed E-state index contributed by atoms with van der Waals surface area (Å²) >= 11 is 0. The summed E-state index contributed by atoms with van der Waals surface area (Å²) in [6, 6.07) is 13.4. The van der Waals surface area contributed by atoms with E-state index >= 15 is 0 Å². The Kier molecular flexibility index (Phi) is 3.93. The van der Waals surface area contributed by atoms with E-state index in [9.17, 15) is 9.59 Å². The number of benzene rings is 2. The maximum absolute atomic E-state index is 12.6. The Morgan fingerprint density at radius 1 is 0.833 bits per heavy atom. The van der Waals surface area contributed by atoms with Crippen LogP contribution in [0.2, 0.25) is 0 Å². The van der Waals surface area contributed by atoms with Gasteiger partial charge in [0.25, 0.3) is 5.91 Å². The van der Waals surface area contributed by atoms with Gasteiger partial charge >= 0.3 is 0 Å². The standard InChI is InChI=1S/C21H21NO2/c23-20-18-10-6-5-9-16(18)17-12-11-14(13-19(17)20)21(24)22-15-7-3-1-2-4-8-15/h5-6,9-13,15H,1-4,7-8H2,(H,22,24). The maximum Gasteiger partial charge on any atom is 0.251 e. The van der Waals surface area contributed by atoms with Crippen LogP contribution < -0.4 is 5.32 Å². The fourth-order valence-electron chi connectivity index (χ4n) is 3.86. The van der Waals surface area contributed by atoms with Gasteiger partial charge in [0.1, 0.15) is 0 Å². The minimum Gasteiger partial charge on any atom is -0.349 e. The molecule has 3 nitrogen and oxygen atoms in total. The summed E-state index contributed by atoms with van der Waals surface area (Å²) in [6.07, 6.45) is 7.00. The second kappa shape index (κ2) is 6.23. The first kappa shape index (κ1) is 15.1. The van der Waals surface area contributed by atoms with Crippen LogP contribution in [0.25, 0.3) is 11.1 Å². The molecule has 0 unspecified atom stereocenters. The van der Waals surface area contributed by atoms with Crippen molar-refractivity contribution in [2.24, 2.45) is 0 Å².